The maximum atomic E-state index is 13.2. The van der Waals surface area contributed by atoms with Crippen LogP contribution >= 0.6 is 11.3 Å². The summed E-state index contributed by atoms with van der Waals surface area (Å²) in [6, 6.07) is 9.53. The van der Waals surface area contributed by atoms with E-state index in [1.54, 1.807) is 12.1 Å². The Bertz CT molecular complexity index is 587. The highest BCUT2D eigenvalue weighted by molar-refractivity contribution is 7.86. The van der Waals surface area contributed by atoms with Gasteiger partial charge in [0, 0.05) is 0 Å². The minimum Gasteiger partial charge on any atom is -0.253 e. The molecule has 0 spiro atoms. The lowest BCUT2D eigenvalue weighted by molar-refractivity contribution is 0.625. The molecule has 2 aromatic rings. The van der Waals surface area contributed by atoms with Gasteiger partial charge in [0.25, 0.3) is 0 Å². The summed E-state index contributed by atoms with van der Waals surface area (Å²) in [5, 5.41) is 10.6. The van der Waals surface area contributed by atoms with Crippen LogP contribution in [0.4, 0.5) is 4.39 Å². The molecule has 86 valence electrons. The number of halogens is 1. The van der Waals surface area contributed by atoms with Crippen molar-refractivity contribution in [3.63, 3.8) is 0 Å². The number of hydrogen-bond acceptors (Lipinski definition) is 3. The molecule has 0 bridgehead atoms. The van der Waals surface area contributed by atoms with Crippen LogP contribution in [0.25, 0.3) is 0 Å². The van der Waals surface area contributed by atoms with Gasteiger partial charge in [0.1, 0.15) is 5.82 Å². The van der Waals surface area contributed by atoms with Crippen LogP contribution in [0.2, 0.25) is 0 Å². The number of benzene rings is 1. The van der Waals surface area contributed by atoms with Crippen LogP contribution in [0.3, 0.4) is 0 Å². The first kappa shape index (κ1) is 12.0. The van der Waals surface area contributed by atoms with E-state index in [1.807, 2.05) is 17.5 Å². The molecule has 1 aromatic heterocycles. The van der Waals surface area contributed by atoms with E-state index in [0.29, 0.717) is 5.56 Å². The summed E-state index contributed by atoms with van der Waals surface area (Å²) in [7, 11) is -1.18. The molecule has 0 N–H and O–H groups in total. The zero-order valence-electron chi connectivity index (χ0n) is 8.72. The largest absolute Gasteiger partial charge is 0.253 e. The molecule has 2 rings (SSSR count). The molecule has 5 heteroatoms. The predicted molar refractivity (Wildman–Crippen MR) is 65.5 cm³/mol. The molecule has 0 saturated carbocycles. The molecule has 0 aliphatic rings. The Hall–Kier alpha value is -1.51. The Morgan fingerprint density at radius 3 is 2.88 bits per heavy atom. The van der Waals surface area contributed by atoms with Crippen molar-refractivity contribution in [3.05, 3.63) is 52.7 Å². The second-order valence-electron chi connectivity index (χ2n) is 3.38. The van der Waals surface area contributed by atoms with E-state index >= 15 is 0 Å². The van der Waals surface area contributed by atoms with Crippen molar-refractivity contribution in [1.82, 2.24) is 0 Å². The smallest absolute Gasteiger partial charge is 0.124 e. The number of nitrogens with zero attached hydrogens (tertiary/aromatic N) is 1. The molecule has 1 heterocycles. The first-order valence-corrected chi connectivity index (χ1v) is 7.00. The topological polar surface area (TPSA) is 40.9 Å². The fourth-order valence-electron chi connectivity index (χ4n) is 1.41. The van der Waals surface area contributed by atoms with Gasteiger partial charge in [-0.3, -0.25) is 4.21 Å². The summed E-state index contributed by atoms with van der Waals surface area (Å²) in [5.41, 5.74) is 0.830. The predicted octanol–water partition coefficient (Wildman–Crippen LogP) is 3.07. The molecule has 1 unspecified atom stereocenters. The maximum Gasteiger partial charge on any atom is 0.124 e. The highest BCUT2D eigenvalue weighted by atomic mass is 32.2. The Kier molecular flexibility index (Phi) is 3.67. The zero-order valence-corrected chi connectivity index (χ0v) is 10.4. The van der Waals surface area contributed by atoms with Gasteiger partial charge in [0.05, 0.1) is 32.4 Å². The van der Waals surface area contributed by atoms with E-state index in [0.717, 1.165) is 10.3 Å². The van der Waals surface area contributed by atoms with Crippen molar-refractivity contribution in [2.75, 3.05) is 0 Å². The number of rotatable bonds is 3. The summed E-state index contributed by atoms with van der Waals surface area (Å²) in [6.07, 6.45) is 0. The number of nitriles is 1. The van der Waals surface area contributed by atoms with Crippen molar-refractivity contribution < 1.29 is 8.60 Å². The first-order chi connectivity index (χ1) is 8.19. The van der Waals surface area contributed by atoms with E-state index < -0.39 is 16.6 Å². The molecular weight excluding hydrogens is 257 g/mol. The van der Waals surface area contributed by atoms with Crippen LogP contribution in [0, 0.1) is 17.1 Å². The molecule has 0 aliphatic heterocycles. The van der Waals surface area contributed by atoms with Crippen molar-refractivity contribution in [2.45, 2.75) is 9.96 Å². The van der Waals surface area contributed by atoms with Gasteiger partial charge < -0.3 is 0 Å². The van der Waals surface area contributed by atoms with Gasteiger partial charge in [-0.05, 0) is 35.2 Å². The van der Waals surface area contributed by atoms with Crippen LogP contribution in [-0.4, -0.2) is 4.21 Å². The summed E-state index contributed by atoms with van der Waals surface area (Å²) < 4.78 is 25.8. The third kappa shape index (κ3) is 2.99. The molecule has 0 radical (unpaired) electrons. The quantitative estimate of drug-likeness (QED) is 0.855. The molecule has 1 atom stereocenters. The average Bonchev–Trinajstić information content (AvgIpc) is 2.81. The third-order valence-electron chi connectivity index (χ3n) is 2.10. The fraction of sp³-hybridized carbons (Fsp3) is 0.0833. The van der Waals surface area contributed by atoms with Gasteiger partial charge in [0.15, 0.2) is 0 Å². The van der Waals surface area contributed by atoms with Crippen LogP contribution in [-0.2, 0) is 16.6 Å². The molecule has 2 nitrogen and oxygen atoms in total. The van der Waals surface area contributed by atoms with Crippen LogP contribution in [0.1, 0.15) is 11.1 Å². The lowest BCUT2D eigenvalue weighted by atomic mass is 10.1. The van der Waals surface area contributed by atoms with Gasteiger partial charge in [0.2, 0.25) is 0 Å². The third-order valence-corrected chi connectivity index (χ3v) is 4.79. The Morgan fingerprint density at radius 1 is 1.41 bits per heavy atom. The van der Waals surface area contributed by atoms with E-state index in [9.17, 15) is 8.60 Å². The molecule has 1 aromatic carbocycles. The van der Waals surface area contributed by atoms with Gasteiger partial charge >= 0.3 is 0 Å². The monoisotopic (exact) mass is 265 g/mol. The van der Waals surface area contributed by atoms with E-state index in [-0.39, 0.29) is 11.3 Å². The molecule has 0 amide bonds. The Balaban J connectivity index is 2.22. The van der Waals surface area contributed by atoms with Crippen molar-refractivity contribution >= 4 is 22.1 Å². The summed E-state index contributed by atoms with van der Waals surface area (Å²) in [6.45, 7) is 0. The van der Waals surface area contributed by atoms with E-state index in [4.69, 9.17) is 5.26 Å². The molecule has 17 heavy (non-hydrogen) atoms. The Morgan fingerprint density at radius 2 is 2.24 bits per heavy atom. The van der Waals surface area contributed by atoms with Crippen LogP contribution in [0.15, 0.2) is 39.9 Å². The van der Waals surface area contributed by atoms with Gasteiger partial charge in [-0.2, -0.15) is 5.26 Å². The highest BCUT2D eigenvalue weighted by Crippen LogP contribution is 2.18. The SMILES string of the molecule is N#Cc1cc(F)cc(CS(=O)c2cccs2)c1. The molecule has 0 fully saturated rings. The van der Waals surface area contributed by atoms with Gasteiger partial charge in [-0.25, -0.2) is 4.39 Å². The lowest BCUT2D eigenvalue weighted by Crippen LogP contribution is -1.96. The molecular formula is C12H8FNOS2. The zero-order chi connectivity index (χ0) is 12.3. The van der Waals surface area contributed by atoms with E-state index in [2.05, 4.69) is 0 Å². The minimum absolute atomic E-state index is 0.229. The fourth-order valence-corrected chi connectivity index (χ4v) is 3.48. The number of thiophene rings is 1. The average molecular weight is 265 g/mol. The van der Waals surface area contributed by atoms with Gasteiger partial charge in [-0.15, -0.1) is 11.3 Å². The van der Waals surface area contributed by atoms with Gasteiger partial charge in [-0.1, -0.05) is 6.07 Å². The van der Waals surface area contributed by atoms with Crippen LogP contribution < -0.4 is 0 Å². The Labute approximate surface area is 105 Å². The molecule has 0 aliphatic carbocycles. The van der Waals surface area contributed by atoms with Crippen molar-refractivity contribution in [1.29, 1.82) is 5.26 Å². The first-order valence-electron chi connectivity index (χ1n) is 4.80. The second kappa shape index (κ2) is 5.21. The summed E-state index contributed by atoms with van der Waals surface area (Å²) in [5.74, 6) is -0.241. The molecule has 0 saturated heterocycles. The minimum atomic E-state index is -1.18. The summed E-state index contributed by atoms with van der Waals surface area (Å²) in [4.78, 5) is 0. The normalized spacial score (nSPS) is 12.0. The van der Waals surface area contributed by atoms with Crippen molar-refractivity contribution in [3.8, 4) is 6.07 Å². The summed E-state index contributed by atoms with van der Waals surface area (Å²) >= 11 is 1.41. The maximum absolute atomic E-state index is 13.2. The lowest BCUT2D eigenvalue weighted by Gasteiger charge is -2.01. The van der Waals surface area contributed by atoms with Crippen LogP contribution in [0.5, 0.6) is 0 Å². The standard InChI is InChI=1S/C12H8FNOS2/c13-11-5-9(7-14)4-10(6-11)8-17(15)12-2-1-3-16-12/h1-6H,8H2. The van der Waals surface area contributed by atoms with E-state index in [1.165, 1.54) is 17.4 Å². The number of hydrogen-bond donors (Lipinski definition) is 0. The van der Waals surface area contributed by atoms with Crippen molar-refractivity contribution in [2.24, 2.45) is 0 Å². The second-order valence-corrected chi connectivity index (χ2v) is 6.01. The highest BCUT2D eigenvalue weighted by Gasteiger charge is 2.08.